The number of alkyl halides is 3. The molecule has 39 heavy (non-hydrogen) atoms. The fraction of sp³-hybridized carbons (Fsp3) is 0.321. The van der Waals surface area contributed by atoms with Crippen molar-refractivity contribution < 1.29 is 23.0 Å². The summed E-state index contributed by atoms with van der Waals surface area (Å²) in [4.78, 5) is 13.3. The fourth-order valence-electron chi connectivity index (χ4n) is 4.26. The number of rotatable bonds is 5. The summed E-state index contributed by atoms with van der Waals surface area (Å²) in [6.45, 7) is 3.34. The molecule has 204 valence electrons. The number of aliphatic hydroxyl groups excluding tert-OH is 1. The third kappa shape index (κ3) is 6.13. The first-order valence-electron chi connectivity index (χ1n) is 12.4. The number of aromatic nitrogens is 3. The number of nitrogens with zero attached hydrogens (tertiary/aromatic N) is 4. The summed E-state index contributed by atoms with van der Waals surface area (Å²) in [5.41, 5.74) is 2.79. The third-order valence-corrected chi connectivity index (χ3v) is 6.36. The second-order valence-corrected chi connectivity index (χ2v) is 9.17. The van der Waals surface area contributed by atoms with Gasteiger partial charge in [0.2, 0.25) is 5.65 Å². The van der Waals surface area contributed by atoms with Crippen LogP contribution in [-0.4, -0.2) is 51.8 Å². The van der Waals surface area contributed by atoms with Crippen LogP contribution in [0.3, 0.4) is 0 Å². The minimum Gasteiger partial charge on any atom is -0.493 e. The Bertz CT molecular complexity index is 1520. The smallest absolute Gasteiger partial charge is 0.416 e. The zero-order valence-corrected chi connectivity index (χ0v) is 21.5. The lowest BCUT2D eigenvalue weighted by atomic mass is 9.97. The summed E-state index contributed by atoms with van der Waals surface area (Å²) in [7, 11) is 1.36. The maximum absolute atomic E-state index is 13.3. The molecule has 0 saturated carbocycles. The van der Waals surface area contributed by atoms with Crippen LogP contribution >= 0.6 is 0 Å². The molecule has 2 aromatic heterocycles. The van der Waals surface area contributed by atoms with Crippen molar-refractivity contribution in [1.29, 1.82) is 5.26 Å². The number of halogens is 3. The summed E-state index contributed by atoms with van der Waals surface area (Å²) < 4.78 is 46.0. The second-order valence-electron chi connectivity index (χ2n) is 9.17. The summed E-state index contributed by atoms with van der Waals surface area (Å²) in [6.07, 6.45) is -4.89. The van der Waals surface area contributed by atoms with E-state index in [-0.39, 0.29) is 11.4 Å². The Morgan fingerprint density at radius 1 is 1.10 bits per heavy atom. The van der Waals surface area contributed by atoms with Gasteiger partial charge in [0.25, 0.3) is 0 Å². The van der Waals surface area contributed by atoms with Crippen molar-refractivity contribution in [3.8, 4) is 34.2 Å². The molecule has 2 aromatic carbocycles. The van der Waals surface area contributed by atoms with E-state index in [0.717, 1.165) is 5.56 Å². The van der Waals surface area contributed by atoms with E-state index in [1.165, 1.54) is 37.4 Å². The molecule has 1 fully saturated rings. The highest BCUT2D eigenvalue weighted by Gasteiger charge is 2.39. The van der Waals surface area contributed by atoms with E-state index in [2.05, 4.69) is 10.4 Å². The zero-order chi connectivity index (χ0) is 28.2. The van der Waals surface area contributed by atoms with E-state index in [4.69, 9.17) is 10.00 Å². The SMILES string of the molecule is C1CCNC1.COc1cc(-c2ccc(C#N)cc2)c(-c2ccc(C)cc2)n2c(=O)n(CC(O)C(F)(F)F)nc12. The highest BCUT2D eigenvalue weighted by Crippen LogP contribution is 2.36. The van der Waals surface area contributed by atoms with Gasteiger partial charge in [0, 0.05) is 5.56 Å². The molecule has 4 aromatic rings. The molecule has 0 radical (unpaired) electrons. The summed E-state index contributed by atoms with van der Waals surface area (Å²) in [5, 5.41) is 25.9. The van der Waals surface area contributed by atoms with E-state index in [1.54, 1.807) is 42.5 Å². The molecule has 5 rings (SSSR count). The van der Waals surface area contributed by atoms with Crippen LogP contribution < -0.4 is 15.7 Å². The van der Waals surface area contributed by atoms with Crippen LogP contribution in [0.2, 0.25) is 0 Å². The Labute approximate surface area is 222 Å². The van der Waals surface area contributed by atoms with Crippen LogP contribution in [0.5, 0.6) is 5.75 Å². The summed E-state index contributed by atoms with van der Waals surface area (Å²) in [6, 6.07) is 17.6. The monoisotopic (exact) mass is 539 g/mol. The van der Waals surface area contributed by atoms with Crippen LogP contribution in [0, 0.1) is 18.3 Å². The van der Waals surface area contributed by atoms with Gasteiger partial charge in [-0.3, -0.25) is 0 Å². The lowest BCUT2D eigenvalue weighted by Crippen LogP contribution is -2.36. The fourth-order valence-corrected chi connectivity index (χ4v) is 4.26. The van der Waals surface area contributed by atoms with E-state index in [1.807, 2.05) is 25.1 Å². The Hall–Kier alpha value is -4.14. The first-order chi connectivity index (χ1) is 18.6. The second kappa shape index (κ2) is 11.7. The Morgan fingerprint density at radius 2 is 1.72 bits per heavy atom. The predicted molar refractivity (Wildman–Crippen MR) is 140 cm³/mol. The van der Waals surface area contributed by atoms with Crippen molar-refractivity contribution in [3.05, 3.63) is 76.2 Å². The van der Waals surface area contributed by atoms with Gasteiger partial charge < -0.3 is 15.2 Å². The summed E-state index contributed by atoms with van der Waals surface area (Å²) >= 11 is 0. The average Bonchev–Trinajstić information content (AvgIpc) is 3.61. The van der Waals surface area contributed by atoms with Crippen LogP contribution in [0.15, 0.2) is 59.4 Å². The number of nitrogens with one attached hydrogen (secondary N) is 1. The molecule has 3 heterocycles. The lowest BCUT2D eigenvalue weighted by molar-refractivity contribution is -0.208. The molecule has 11 heteroatoms. The molecule has 1 saturated heterocycles. The van der Waals surface area contributed by atoms with E-state index in [9.17, 15) is 23.1 Å². The number of ether oxygens (including phenoxy) is 1. The van der Waals surface area contributed by atoms with Gasteiger partial charge in [0.05, 0.1) is 31.0 Å². The first-order valence-corrected chi connectivity index (χ1v) is 12.4. The molecule has 1 atom stereocenters. The van der Waals surface area contributed by atoms with Gasteiger partial charge in [0.1, 0.15) is 0 Å². The van der Waals surface area contributed by atoms with Gasteiger partial charge in [-0.05, 0) is 62.2 Å². The molecule has 1 aliphatic heterocycles. The Morgan fingerprint density at radius 3 is 2.23 bits per heavy atom. The summed E-state index contributed by atoms with van der Waals surface area (Å²) in [5.74, 6) is 0.160. The Balaban J connectivity index is 0.000000634. The molecule has 0 bridgehead atoms. The molecular formula is C28H28F3N5O3. The lowest BCUT2D eigenvalue weighted by Gasteiger charge is -2.15. The number of methoxy groups -OCH3 is 1. The van der Waals surface area contributed by atoms with Crippen LogP contribution in [-0.2, 0) is 6.54 Å². The van der Waals surface area contributed by atoms with Gasteiger partial charge >= 0.3 is 11.9 Å². The molecule has 0 amide bonds. The average molecular weight is 540 g/mol. The standard InChI is InChI=1S/C24H19F3N4O3.C4H9N/c1-14-3-7-17(8-4-14)21-18(16-9-5-15(12-28)6-10-16)11-19(34-2)22-29-30(23(33)31(21)22)13-20(32)24(25,26)27;1-2-4-5-3-1/h3-11,20,32H,13H2,1-2H3;5H,1-4H2. The number of aliphatic hydroxyl groups is 1. The number of fused-ring (bicyclic) bond motifs is 1. The number of pyridine rings is 1. The van der Waals surface area contributed by atoms with Gasteiger partial charge in [-0.2, -0.15) is 18.4 Å². The molecule has 0 aliphatic carbocycles. The van der Waals surface area contributed by atoms with Crippen molar-refractivity contribution in [2.45, 2.75) is 38.6 Å². The van der Waals surface area contributed by atoms with Crippen LogP contribution in [0.25, 0.3) is 28.0 Å². The number of aryl methyl sites for hydroxylation is 1. The highest BCUT2D eigenvalue weighted by molar-refractivity contribution is 5.85. The quantitative estimate of drug-likeness (QED) is 0.392. The number of hydrogen-bond acceptors (Lipinski definition) is 6. The zero-order valence-electron chi connectivity index (χ0n) is 21.5. The van der Waals surface area contributed by atoms with Crippen LogP contribution in [0.4, 0.5) is 13.2 Å². The Kier molecular flexibility index (Phi) is 8.38. The van der Waals surface area contributed by atoms with E-state index >= 15 is 0 Å². The van der Waals surface area contributed by atoms with Gasteiger partial charge in [-0.1, -0.05) is 42.0 Å². The van der Waals surface area contributed by atoms with Gasteiger partial charge in [-0.25, -0.2) is 13.9 Å². The normalized spacial score (nSPS) is 14.0. The predicted octanol–water partition coefficient (Wildman–Crippen LogP) is 4.31. The number of hydrogen-bond donors (Lipinski definition) is 2. The first kappa shape index (κ1) is 27.9. The van der Waals surface area contributed by atoms with E-state index in [0.29, 0.717) is 32.6 Å². The van der Waals surface area contributed by atoms with E-state index < -0.39 is 24.5 Å². The molecule has 1 unspecified atom stereocenters. The van der Waals surface area contributed by atoms with Crippen molar-refractivity contribution in [3.63, 3.8) is 0 Å². The minimum atomic E-state index is -4.91. The molecule has 1 aliphatic rings. The maximum Gasteiger partial charge on any atom is 0.416 e. The molecule has 2 N–H and O–H groups in total. The van der Waals surface area contributed by atoms with Gasteiger partial charge in [-0.15, -0.1) is 5.10 Å². The molecular weight excluding hydrogens is 511 g/mol. The van der Waals surface area contributed by atoms with Crippen molar-refractivity contribution in [2.24, 2.45) is 0 Å². The molecule has 0 spiro atoms. The highest BCUT2D eigenvalue weighted by atomic mass is 19.4. The van der Waals surface area contributed by atoms with Crippen molar-refractivity contribution >= 4 is 5.65 Å². The minimum absolute atomic E-state index is 0.00912. The van der Waals surface area contributed by atoms with Crippen LogP contribution in [0.1, 0.15) is 24.0 Å². The maximum atomic E-state index is 13.3. The van der Waals surface area contributed by atoms with Crippen molar-refractivity contribution in [2.75, 3.05) is 20.2 Å². The number of benzene rings is 2. The van der Waals surface area contributed by atoms with Gasteiger partial charge in [0.15, 0.2) is 11.9 Å². The number of nitriles is 1. The molecule has 8 nitrogen and oxygen atoms in total. The largest absolute Gasteiger partial charge is 0.493 e. The topological polar surface area (TPSA) is 105 Å². The third-order valence-electron chi connectivity index (χ3n) is 6.36. The van der Waals surface area contributed by atoms with Crippen molar-refractivity contribution in [1.82, 2.24) is 19.5 Å².